The number of rotatable bonds is 1. The van der Waals surface area contributed by atoms with Crippen LogP contribution in [-0.2, 0) is 0 Å². The van der Waals surface area contributed by atoms with E-state index in [4.69, 9.17) is 11.6 Å². The van der Waals surface area contributed by atoms with Gasteiger partial charge in [-0.3, -0.25) is 0 Å². The molecule has 2 aliphatic heterocycles. The van der Waals surface area contributed by atoms with Gasteiger partial charge in [0.05, 0.1) is 6.10 Å². The molecule has 0 amide bonds. The number of aliphatic hydroxyl groups is 1. The summed E-state index contributed by atoms with van der Waals surface area (Å²) >= 11 is 5.79. The Kier molecular flexibility index (Phi) is 2.62. The lowest BCUT2D eigenvalue weighted by Crippen LogP contribution is -2.41. The van der Waals surface area contributed by atoms with Crippen molar-refractivity contribution in [2.45, 2.75) is 43.4 Å². The number of aliphatic hydroxyl groups excluding tert-OH is 1. The molecular formula is C12H15ClN2O. The highest BCUT2D eigenvalue weighted by Crippen LogP contribution is 2.38. The molecule has 0 unspecified atom stereocenters. The summed E-state index contributed by atoms with van der Waals surface area (Å²) in [5, 5.41) is 13.8. The van der Waals surface area contributed by atoms with E-state index in [0.717, 1.165) is 19.3 Å². The molecule has 0 saturated carbocycles. The first kappa shape index (κ1) is 10.5. The molecule has 3 heterocycles. The van der Waals surface area contributed by atoms with E-state index in [1.165, 1.54) is 5.56 Å². The van der Waals surface area contributed by atoms with Crippen molar-refractivity contribution in [2.24, 2.45) is 0 Å². The number of halogens is 1. The predicted octanol–water partition coefficient (Wildman–Crippen LogP) is 1.70. The average Bonchev–Trinajstić information content (AvgIpc) is 2.55. The van der Waals surface area contributed by atoms with Gasteiger partial charge in [0.25, 0.3) is 0 Å². The van der Waals surface area contributed by atoms with Gasteiger partial charge in [-0.25, -0.2) is 4.98 Å². The van der Waals surface area contributed by atoms with Gasteiger partial charge in [0.2, 0.25) is 0 Å². The highest BCUT2D eigenvalue weighted by atomic mass is 35.5. The molecule has 86 valence electrons. The maximum Gasteiger partial charge on any atom is 0.129 e. The minimum absolute atomic E-state index is 0.137. The molecule has 4 atom stereocenters. The fourth-order valence-electron chi connectivity index (χ4n) is 3.05. The summed E-state index contributed by atoms with van der Waals surface area (Å²) in [6.07, 6.45) is 4.56. The van der Waals surface area contributed by atoms with Crippen LogP contribution in [0.4, 0.5) is 0 Å². The molecule has 0 spiro atoms. The lowest BCUT2D eigenvalue weighted by molar-refractivity contribution is 0.113. The highest BCUT2D eigenvalue weighted by Gasteiger charge is 2.40. The van der Waals surface area contributed by atoms with Crippen LogP contribution >= 0.6 is 11.6 Å². The minimum atomic E-state index is -0.137. The zero-order chi connectivity index (χ0) is 11.1. The molecule has 2 fully saturated rings. The third-order valence-electron chi connectivity index (χ3n) is 3.73. The molecule has 0 aliphatic carbocycles. The number of hydrogen-bond donors (Lipinski definition) is 2. The number of fused-ring (bicyclic) bond motifs is 2. The van der Waals surface area contributed by atoms with Gasteiger partial charge in [-0.2, -0.15) is 0 Å². The summed E-state index contributed by atoms with van der Waals surface area (Å²) in [7, 11) is 0. The quantitative estimate of drug-likeness (QED) is 0.733. The SMILES string of the molecule is O[C@@H]1C[C@@H]2C[C@@H](c3ccc(Cl)nc3)[C@H](C1)N2. The maximum atomic E-state index is 9.72. The third kappa shape index (κ3) is 1.83. The number of piperidine rings is 1. The first-order chi connectivity index (χ1) is 7.72. The molecule has 2 saturated heterocycles. The molecule has 4 heteroatoms. The Labute approximate surface area is 99.8 Å². The minimum Gasteiger partial charge on any atom is -0.393 e. The molecular weight excluding hydrogens is 224 g/mol. The zero-order valence-corrected chi connectivity index (χ0v) is 9.69. The summed E-state index contributed by atoms with van der Waals surface area (Å²) in [4.78, 5) is 4.13. The summed E-state index contributed by atoms with van der Waals surface area (Å²) < 4.78 is 0. The van der Waals surface area contributed by atoms with Crippen molar-refractivity contribution in [3.63, 3.8) is 0 Å². The van der Waals surface area contributed by atoms with Gasteiger partial charge < -0.3 is 10.4 Å². The van der Waals surface area contributed by atoms with Crippen molar-refractivity contribution in [3.05, 3.63) is 29.0 Å². The fraction of sp³-hybridized carbons (Fsp3) is 0.583. The lowest BCUT2D eigenvalue weighted by atomic mass is 9.91. The summed E-state index contributed by atoms with van der Waals surface area (Å²) in [5.74, 6) is 0.479. The van der Waals surface area contributed by atoms with Gasteiger partial charge in [0.15, 0.2) is 0 Å². The van der Waals surface area contributed by atoms with E-state index in [1.54, 1.807) is 0 Å². The van der Waals surface area contributed by atoms with Gasteiger partial charge >= 0.3 is 0 Å². The second kappa shape index (κ2) is 3.99. The van der Waals surface area contributed by atoms with Crippen LogP contribution in [0.15, 0.2) is 18.3 Å². The molecule has 0 radical (unpaired) electrons. The molecule has 1 aromatic rings. The lowest BCUT2D eigenvalue weighted by Gasteiger charge is -2.26. The number of nitrogens with zero attached hydrogens (tertiary/aromatic N) is 1. The molecule has 2 bridgehead atoms. The van der Waals surface area contributed by atoms with Crippen LogP contribution < -0.4 is 5.32 Å². The number of nitrogens with one attached hydrogen (secondary N) is 1. The Hall–Kier alpha value is -0.640. The molecule has 16 heavy (non-hydrogen) atoms. The number of hydrogen-bond acceptors (Lipinski definition) is 3. The van der Waals surface area contributed by atoms with E-state index in [2.05, 4.69) is 16.4 Å². The van der Waals surface area contributed by atoms with Crippen LogP contribution in [0.1, 0.15) is 30.7 Å². The van der Waals surface area contributed by atoms with E-state index in [1.807, 2.05) is 12.3 Å². The molecule has 3 nitrogen and oxygen atoms in total. The van der Waals surface area contributed by atoms with Crippen LogP contribution in [0, 0.1) is 0 Å². The smallest absolute Gasteiger partial charge is 0.129 e. The summed E-state index contributed by atoms with van der Waals surface area (Å²) in [6.45, 7) is 0. The Bertz CT molecular complexity index is 381. The van der Waals surface area contributed by atoms with Crippen LogP contribution in [-0.4, -0.2) is 28.3 Å². The van der Waals surface area contributed by atoms with E-state index in [9.17, 15) is 5.11 Å². The third-order valence-corrected chi connectivity index (χ3v) is 3.96. The number of aromatic nitrogens is 1. The second-order valence-electron chi connectivity index (χ2n) is 4.85. The topological polar surface area (TPSA) is 45.2 Å². The van der Waals surface area contributed by atoms with E-state index >= 15 is 0 Å². The Morgan fingerprint density at radius 1 is 1.31 bits per heavy atom. The molecule has 2 aliphatic rings. The van der Waals surface area contributed by atoms with E-state index < -0.39 is 0 Å². The van der Waals surface area contributed by atoms with Crippen molar-refractivity contribution in [2.75, 3.05) is 0 Å². The van der Waals surface area contributed by atoms with Crippen LogP contribution in [0.5, 0.6) is 0 Å². The van der Waals surface area contributed by atoms with Gasteiger partial charge in [0.1, 0.15) is 5.15 Å². The monoisotopic (exact) mass is 238 g/mol. The van der Waals surface area contributed by atoms with Gasteiger partial charge in [-0.1, -0.05) is 17.7 Å². The van der Waals surface area contributed by atoms with Crippen molar-refractivity contribution in [1.29, 1.82) is 0 Å². The van der Waals surface area contributed by atoms with Gasteiger partial charge in [0, 0.05) is 24.2 Å². The Morgan fingerprint density at radius 2 is 2.19 bits per heavy atom. The summed E-state index contributed by atoms with van der Waals surface area (Å²) in [5.41, 5.74) is 1.23. The standard InChI is InChI=1S/C12H15ClN2O/c13-12-2-1-7(6-14-12)10-4-8-3-9(16)5-11(10)15-8/h1-2,6,8-11,15-16H,3-5H2/t8-,9-,10+,11+/m1/s1. The average molecular weight is 239 g/mol. The predicted molar refractivity (Wildman–Crippen MR) is 62.6 cm³/mol. The van der Waals surface area contributed by atoms with E-state index in [-0.39, 0.29) is 6.10 Å². The van der Waals surface area contributed by atoms with Crippen LogP contribution in [0.25, 0.3) is 0 Å². The molecule has 3 rings (SSSR count). The van der Waals surface area contributed by atoms with E-state index in [0.29, 0.717) is 23.2 Å². The highest BCUT2D eigenvalue weighted by molar-refractivity contribution is 6.29. The summed E-state index contributed by atoms with van der Waals surface area (Å²) in [6, 6.07) is 4.76. The van der Waals surface area contributed by atoms with Gasteiger partial charge in [-0.15, -0.1) is 0 Å². The normalized spacial score (nSPS) is 37.6. The van der Waals surface area contributed by atoms with Crippen molar-refractivity contribution in [3.8, 4) is 0 Å². The van der Waals surface area contributed by atoms with Gasteiger partial charge in [-0.05, 0) is 30.9 Å². The molecule has 2 N–H and O–H groups in total. The van der Waals surface area contributed by atoms with Crippen molar-refractivity contribution < 1.29 is 5.11 Å². The van der Waals surface area contributed by atoms with Crippen molar-refractivity contribution in [1.82, 2.24) is 10.3 Å². The van der Waals surface area contributed by atoms with Crippen molar-refractivity contribution >= 4 is 11.6 Å². The Balaban J connectivity index is 1.83. The zero-order valence-electron chi connectivity index (χ0n) is 8.94. The largest absolute Gasteiger partial charge is 0.393 e. The molecule has 0 aromatic carbocycles. The fourth-order valence-corrected chi connectivity index (χ4v) is 3.16. The van der Waals surface area contributed by atoms with Crippen LogP contribution in [0.2, 0.25) is 5.15 Å². The first-order valence-corrected chi connectivity index (χ1v) is 6.16. The van der Waals surface area contributed by atoms with Crippen LogP contribution in [0.3, 0.4) is 0 Å². The maximum absolute atomic E-state index is 9.72. The molecule has 1 aromatic heterocycles. The Morgan fingerprint density at radius 3 is 2.94 bits per heavy atom. The number of pyridine rings is 1. The first-order valence-electron chi connectivity index (χ1n) is 5.78. The second-order valence-corrected chi connectivity index (χ2v) is 5.24.